The number of carbonyl (C=O) groups excluding carboxylic acids is 1. The average molecular weight is 315 g/mol. The molecule has 0 aliphatic rings. The number of hydrogen-bond acceptors (Lipinski definition) is 3. The van der Waals surface area contributed by atoms with Gasteiger partial charge in [-0.25, -0.2) is 0 Å². The molecule has 0 fully saturated rings. The van der Waals surface area contributed by atoms with Gasteiger partial charge in [-0.3, -0.25) is 4.79 Å². The van der Waals surface area contributed by atoms with Crippen molar-refractivity contribution in [2.45, 2.75) is 32.2 Å². The minimum absolute atomic E-state index is 0. The van der Waals surface area contributed by atoms with E-state index in [9.17, 15) is 4.79 Å². The van der Waals surface area contributed by atoms with E-state index in [0.717, 1.165) is 0 Å². The molecule has 1 rings (SSSR count). The van der Waals surface area contributed by atoms with Crippen molar-refractivity contribution in [3.8, 4) is 0 Å². The van der Waals surface area contributed by atoms with E-state index < -0.39 is 0 Å². The lowest BCUT2D eigenvalue weighted by molar-refractivity contribution is -0.121. The van der Waals surface area contributed by atoms with Crippen molar-refractivity contribution in [1.82, 2.24) is 10.6 Å². The van der Waals surface area contributed by atoms with Crippen LogP contribution in [-0.4, -0.2) is 38.8 Å². The molecular formula is C16H27ClN2O2. The predicted octanol–water partition coefficient (Wildman–Crippen LogP) is 2.13. The Morgan fingerprint density at radius 3 is 2.48 bits per heavy atom. The first-order chi connectivity index (χ1) is 9.48. The zero-order chi connectivity index (χ0) is 15.0. The number of ether oxygens (including phenoxy) is 1. The molecular weight excluding hydrogens is 288 g/mol. The van der Waals surface area contributed by atoms with Gasteiger partial charge in [0.05, 0.1) is 13.2 Å². The summed E-state index contributed by atoms with van der Waals surface area (Å²) in [6, 6.07) is 10.3. The summed E-state index contributed by atoms with van der Waals surface area (Å²) >= 11 is 0. The van der Waals surface area contributed by atoms with Gasteiger partial charge in [0, 0.05) is 25.1 Å². The zero-order valence-corrected chi connectivity index (χ0v) is 14.1. The molecule has 0 aliphatic heterocycles. The summed E-state index contributed by atoms with van der Waals surface area (Å²) in [4.78, 5) is 11.9. The largest absolute Gasteiger partial charge is 0.383 e. The number of methoxy groups -OCH3 is 1. The van der Waals surface area contributed by atoms with Gasteiger partial charge < -0.3 is 15.4 Å². The molecule has 1 atom stereocenters. The van der Waals surface area contributed by atoms with Gasteiger partial charge in [-0.15, -0.1) is 12.4 Å². The van der Waals surface area contributed by atoms with Gasteiger partial charge >= 0.3 is 0 Å². The Bertz CT molecular complexity index is 410. The number of amides is 1. The van der Waals surface area contributed by atoms with E-state index in [1.54, 1.807) is 7.11 Å². The van der Waals surface area contributed by atoms with Crippen molar-refractivity contribution >= 4 is 18.3 Å². The van der Waals surface area contributed by atoms with Crippen LogP contribution in [0.25, 0.3) is 0 Å². The third kappa shape index (κ3) is 6.46. The second-order valence-corrected chi connectivity index (χ2v) is 5.55. The highest BCUT2D eigenvalue weighted by atomic mass is 35.5. The van der Waals surface area contributed by atoms with E-state index >= 15 is 0 Å². The standard InChI is InChI=1S/C16H26N2O2.ClH/c1-13(18-15(19)12-17-10-11-20-4)16(2,3)14-8-6-5-7-9-14;/h5-9,13,17H,10-12H2,1-4H3,(H,18,19);1H. The lowest BCUT2D eigenvalue weighted by Gasteiger charge is -2.33. The minimum Gasteiger partial charge on any atom is -0.383 e. The molecule has 0 radical (unpaired) electrons. The first-order valence-corrected chi connectivity index (χ1v) is 7.03. The van der Waals surface area contributed by atoms with E-state index in [0.29, 0.717) is 19.7 Å². The predicted molar refractivity (Wildman–Crippen MR) is 89.1 cm³/mol. The summed E-state index contributed by atoms with van der Waals surface area (Å²) in [6.45, 7) is 7.94. The van der Waals surface area contributed by atoms with Gasteiger partial charge in [-0.1, -0.05) is 44.2 Å². The summed E-state index contributed by atoms with van der Waals surface area (Å²) < 4.78 is 4.92. The lowest BCUT2D eigenvalue weighted by atomic mass is 9.78. The SMILES string of the molecule is COCCNCC(=O)NC(C)C(C)(C)c1ccccc1.Cl. The molecule has 5 heteroatoms. The van der Waals surface area contributed by atoms with Crippen molar-refractivity contribution in [3.05, 3.63) is 35.9 Å². The smallest absolute Gasteiger partial charge is 0.234 e. The van der Waals surface area contributed by atoms with Crippen LogP contribution in [0.3, 0.4) is 0 Å². The third-order valence-corrected chi connectivity index (χ3v) is 3.75. The molecule has 1 unspecified atom stereocenters. The van der Waals surface area contributed by atoms with E-state index in [4.69, 9.17) is 4.74 Å². The molecule has 2 N–H and O–H groups in total. The Balaban J connectivity index is 0.00000400. The zero-order valence-electron chi connectivity index (χ0n) is 13.3. The first kappa shape index (κ1) is 19.9. The molecule has 0 aromatic heterocycles. The number of nitrogens with one attached hydrogen (secondary N) is 2. The van der Waals surface area contributed by atoms with Crippen molar-refractivity contribution < 1.29 is 9.53 Å². The number of halogens is 1. The maximum absolute atomic E-state index is 11.9. The van der Waals surface area contributed by atoms with Crippen molar-refractivity contribution in [3.63, 3.8) is 0 Å². The Kier molecular flexibility index (Phi) is 9.26. The van der Waals surface area contributed by atoms with Gasteiger partial charge in [0.15, 0.2) is 0 Å². The van der Waals surface area contributed by atoms with Crippen LogP contribution in [0.5, 0.6) is 0 Å². The molecule has 21 heavy (non-hydrogen) atoms. The molecule has 0 saturated carbocycles. The van der Waals surface area contributed by atoms with Crippen molar-refractivity contribution in [2.75, 3.05) is 26.8 Å². The van der Waals surface area contributed by atoms with Crippen molar-refractivity contribution in [2.24, 2.45) is 0 Å². The number of benzene rings is 1. The summed E-state index contributed by atoms with van der Waals surface area (Å²) in [7, 11) is 1.65. The van der Waals surface area contributed by atoms with Crippen LogP contribution in [-0.2, 0) is 14.9 Å². The molecule has 4 nitrogen and oxygen atoms in total. The van der Waals surface area contributed by atoms with E-state index in [-0.39, 0.29) is 29.8 Å². The maximum atomic E-state index is 11.9. The van der Waals surface area contributed by atoms with Gasteiger partial charge in [0.25, 0.3) is 0 Å². The van der Waals surface area contributed by atoms with Gasteiger partial charge in [0.1, 0.15) is 0 Å². The topological polar surface area (TPSA) is 50.4 Å². The molecule has 0 saturated heterocycles. The molecule has 1 aromatic rings. The maximum Gasteiger partial charge on any atom is 0.234 e. The van der Waals surface area contributed by atoms with E-state index in [1.165, 1.54) is 5.56 Å². The van der Waals surface area contributed by atoms with Gasteiger partial charge in [0.2, 0.25) is 5.91 Å². The van der Waals surface area contributed by atoms with Crippen LogP contribution in [0.15, 0.2) is 30.3 Å². The third-order valence-electron chi connectivity index (χ3n) is 3.75. The molecule has 0 heterocycles. The monoisotopic (exact) mass is 314 g/mol. The van der Waals surface area contributed by atoms with E-state index in [1.807, 2.05) is 25.1 Å². The van der Waals surface area contributed by atoms with Crippen LogP contribution in [0.4, 0.5) is 0 Å². The van der Waals surface area contributed by atoms with Crippen LogP contribution >= 0.6 is 12.4 Å². The number of rotatable bonds is 8. The molecule has 0 spiro atoms. The highest BCUT2D eigenvalue weighted by molar-refractivity contribution is 5.85. The fourth-order valence-corrected chi connectivity index (χ4v) is 1.97. The Morgan fingerprint density at radius 2 is 1.90 bits per heavy atom. The highest BCUT2D eigenvalue weighted by Gasteiger charge is 2.28. The first-order valence-electron chi connectivity index (χ1n) is 7.03. The Labute approximate surface area is 134 Å². The fraction of sp³-hybridized carbons (Fsp3) is 0.562. The summed E-state index contributed by atoms with van der Waals surface area (Å²) in [5.74, 6) is 0.0117. The van der Waals surface area contributed by atoms with E-state index in [2.05, 4.69) is 36.6 Å². The second kappa shape index (κ2) is 9.77. The molecule has 0 aliphatic carbocycles. The highest BCUT2D eigenvalue weighted by Crippen LogP contribution is 2.26. The minimum atomic E-state index is -0.108. The fourth-order valence-electron chi connectivity index (χ4n) is 1.97. The second-order valence-electron chi connectivity index (χ2n) is 5.55. The van der Waals surface area contributed by atoms with Gasteiger partial charge in [-0.2, -0.15) is 0 Å². The van der Waals surface area contributed by atoms with Crippen LogP contribution in [0.1, 0.15) is 26.3 Å². The summed E-state index contributed by atoms with van der Waals surface area (Å²) in [6.07, 6.45) is 0. The molecule has 1 amide bonds. The number of hydrogen-bond donors (Lipinski definition) is 2. The molecule has 1 aromatic carbocycles. The quantitative estimate of drug-likeness (QED) is 0.723. The Morgan fingerprint density at radius 1 is 1.29 bits per heavy atom. The van der Waals surface area contributed by atoms with Crippen molar-refractivity contribution in [1.29, 1.82) is 0 Å². The normalized spacial score (nSPS) is 12.4. The Hall–Kier alpha value is -1.10. The van der Waals surface area contributed by atoms with Crippen LogP contribution in [0.2, 0.25) is 0 Å². The molecule has 120 valence electrons. The average Bonchev–Trinajstić information content (AvgIpc) is 2.44. The van der Waals surface area contributed by atoms with Gasteiger partial charge in [-0.05, 0) is 12.5 Å². The van der Waals surface area contributed by atoms with Crippen LogP contribution < -0.4 is 10.6 Å². The van der Waals surface area contributed by atoms with Crippen LogP contribution in [0, 0.1) is 0 Å². The summed E-state index contributed by atoms with van der Waals surface area (Å²) in [5, 5.41) is 6.10. The number of carbonyl (C=O) groups is 1. The molecule has 0 bridgehead atoms. The summed E-state index contributed by atoms with van der Waals surface area (Å²) in [5.41, 5.74) is 1.11. The lowest BCUT2D eigenvalue weighted by Crippen LogP contribution is -2.48.